The molecule has 3 heteroatoms. The number of carbonyl (C=O) groups excluding carboxylic acids is 1. The summed E-state index contributed by atoms with van der Waals surface area (Å²) in [7, 11) is 0. The van der Waals surface area contributed by atoms with E-state index in [9.17, 15) is 4.79 Å². The average Bonchev–Trinajstić information content (AvgIpc) is 2.58. The number of rotatable bonds is 4. The van der Waals surface area contributed by atoms with Crippen molar-refractivity contribution in [1.29, 1.82) is 0 Å². The standard InChI is InChI=1S/C13H25NOS/c1-5-10-6-7-11(9(10)4)14-13(15)12(16)8(2)3/h8-12,16H,5-7H2,1-4H3,(H,14,15). The summed E-state index contributed by atoms with van der Waals surface area (Å²) in [6, 6.07) is 0.367. The van der Waals surface area contributed by atoms with Crippen molar-refractivity contribution < 1.29 is 4.79 Å². The van der Waals surface area contributed by atoms with Crippen LogP contribution in [0, 0.1) is 17.8 Å². The highest BCUT2D eigenvalue weighted by Crippen LogP contribution is 2.34. The molecule has 94 valence electrons. The second-order valence-electron chi connectivity index (χ2n) is 5.41. The second kappa shape index (κ2) is 5.95. The van der Waals surface area contributed by atoms with Crippen molar-refractivity contribution in [3.63, 3.8) is 0 Å². The van der Waals surface area contributed by atoms with Gasteiger partial charge in [-0.05, 0) is 30.6 Å². The molecule has 0 saturated heterocycles. The molecule has 0 bridgehead atoms. The fourth-order valence-corrected chi connectivity index (χ4v) is 2.67. The summed E-state index contributed by atoms with van der Waals surface area (Å²) in [5, 5.41) is 2.99. The summed E-state index contributed by atoms with van der Waals surface area (Å²) in [5.74, 6) is 1.79. The molecule has 0 aromatic rings. The third kappa shape index (κ3) is 3.16. The molecule has 1 aliphatic rings. The zero-order valence-electron chi connectivity index (χ0n) is 10.9. The van der Waals surface area contributed by atoms with Crippen LogP contribution in [0.5, 0.6) is 0 Å². The Morgan fingerprint density at radius 2 is 2.06 bits per heavy atom. The molecule has 0 aromatic heterocycles. The van der Waals surface area contributed by atoms with Crippen LogP contribution < -0.4 is 5.32 Å². The third-order valence-electron chi connectivity index (χ3n) is 3.98. The fourth-order valence-electron chi connectivity index (χ4n) is 2.60. The van der Waals surface area contributed by atoms with Crippen LogP contribution in [0.2, 0.25) is 0 Å². The SMILES string of the molecule is CCC1CCC(NC(=O)C(S)C(C)C)C1C. The lowest BCUT2D eigenvalue weighted by molar-refractivity contribution is -0.122. The van der Waals surface area contributed by atoms with Crippen LogP contribution in [0.15, 0.2) is 0 Å². The summed E-state index contributed by atoms with van der Waals surface area (Å²) < 4.78 is 0. The van der Waals surface area contributed by atoms with Gasteiger partial charge in [0.05, 0.1) is 5.25 Å². The molecule has 1 aliphatic carbocycles. The minimum Gasteiger partial charge on any atom is -0.352 e. The van der Waals surface area contributed by atoms with Gasteiger partial charge in [-0.1, -0.05) is 34.1 Å². The van der Waals surface area contributed by atoms with Crippen molar-refractivity contribution in [2.45, 2.75) is 58.2 Å². The fraction of sp³-hybridized carbons (Fsp3) is 0.923. The van der Waals surface area contributed by atoms with Gasteiger partial charge in [0.15, 0.2) is 0 Å². The maximum atomic E-state index is 11.9. The number of nitrogens with one attached hydrogen (secondary N) is 1. The van der Waals surface area contributed by atoms with E-state index in [1.165, 1.54) is 12.8 Å². The summed E-state index contributed by atoms with van der Waals surface area (Å²) in [4.78, 5) is 11.9. The molecule has 2 nitrogen and oxygen atoms in total. The summed E-state index contributed by atoms with van der Waals surface area (Å²) in [5.41, 5.74) is 0. The molecule has 0 radical (unpaired) electrons. The maximum Gasteiger partial charge on any atom is 0.233 e. The highest BCUT2D eigenvalue weighted by Gasteiger charge is 2.33. The Labute approximate surface area is 105 Å². The van der Waals surface area contributed by atoms with Gasteiger partial charge in [-0.3, -0.25) is 4.79 Å². The number of thiol groups is 1. The molecule has 1 amide bonds. The highest BCUT2D eigenvalue weighted by molar-refractivity contribution is 7.81. The van der Waals surface area contributed by atoms with E-state index in [1.807, 2.05) is 13.8 Å². The third-order valence-corrected chi connectivity index (χ3v) is 4.81. The van der Waals surface area contributed by atoms with Crippen molar-refractivity contribution in [2.24, 2.45) is 17.8 Å². The van der Waals surface area contributed by atoms with Crippen molar-refractivity contribution >= 4 is 18.5 Å². The van der Waals surface area contributed by atoms with Gasteiger partial charge in [-0.15, -0.1) is 0 Å². The van der Waals surface area contributed by atoms with Gasteiger partial charge in [0.2, 0.25) is 5.91 Å². The van der Waals surface area contributed by atoms with Gasteiger partial charge in [0.1, 0.15) is 0 Å². The maximum absolute atomic E-state index is 11.9. The van der Waals surface area contributed by atoms with Crippen LogP contribution in [-0.4, -0.2) is 17.2 Å². The van der Waals surface area contributed by atoms with Crippen LogP contribution >= 0.6 is 12.6 Å². The predicted octanol–water partition coefficient (Wildman–Crippen LogP) is 2.88. The lowest BCUT2D eigenvalue weighted by atomic mass is 9.93. The highest BCUT2D eigenvalue weighted by atomic mass is 32.1. The molecule has 0 spiro atoms. The quantitative estimate of drug-likeness (QED) is 0.730. The van der Waals surface area contributed by atoms with E-state index < -0.39 is 0 Å². The molecule has 1 N–H and O–H groups in total. The van der Waals surface area contributed by atoms with Crippen LogP contribution in [0.1, 0.15) is 47.0 Å². The summed E-state index contributed by atoms with van der Waals surface area (Å²) in [6.07, 6.45) is 3.60. The lowest BCUT2D eigenvalue weighted by Gasteiger charge is -2.23. The zero-order valence-corrected chi connectivity index (χ0v) is 11.8. The molecule has 1 rings (SSSR count). The monoisotopic (exact) mass is 243 g/mol. The average molecular weight is 243 g/mol. The Morgan fingerprint density at radius 1 is 1.44 bits per heavy atom. The molecule has 1 fully saturated rings. The number of amides is 1. The van der Waals surface area contributed by atoms with Gasteiger partial charge in [-0.2, -0.15) is 12.6 Å². The Bertz CT molecular complexity index is 242. The topological polar surface area (TPSA) is 29.1 Å². The van der Waals surface area contributed by atoms with Gasteiger partial charge < -0.3 is 5.32 Å². The first-order chi connectivity index (χ1) is 7.47. The van der Waals surface area contributed by atoms with E-state index in [0.717, 1.165) is 12.3 Å². The van der Waals surface area contributed by atoms with Crippen molar-refractivity contribution in [2.75, 3.05) is 0 Å². The largest absolute Gasteiger partial charge is 0.352 e. The first-order valence-corrected chi connectivity index (χ1v) is 6.97. The minimum absolute atomic E-state index is 0.104. The first-order valence-electron chi connectivity index (χ1n) is 6.45. The number of hydrogen-bond acceptors (Lipinski definition) is 2. The number of carbonyl (C=O) groups is 1. The van der Waals surface area contributed by atoms with E-state index in [4.69, 9.17) is 0 Å². The molecule has 4 atom stereocenters. The van der Waals surface area contributed by atoms with E-state index in [0.29, 0.717) is 17.9 Å². The Balaban J connectivity index is 2.47. The van der Waals surface area contributed by atoms with Crippen LogP contribution in [-0.2, 0) is 4.79 Å². The molecular formula is C13H25NOS. The van der Waals surface area contributed by atoms with Crippen molar-refractivity contribution in [3.05, 3.63) is 0 Å². The first kappa shape index (κ1) is 13.9. The van der Waals surface area contributed by atoms with E-state index in [2.05, 4.69) is 31.8 Å². The van der Waals surface area contributed by atoms with Gasteiger partial charge in [-0.25, -0.2) is 0 Å². The molecule has 4 unspecified atom stereocenters. The molecule has 0 heterocycles. The van der Waals surface area contributed by atoms with Crippen molar-refractivity contribution in [1.82, 2.24) is 5.32 Å². The second-order valence-corrected chi connectivity index (χ2v) is 5.97. The predicted molar refractivity (Wildman–Crippen MR) is 71.7 cm³/mol. The Hall–Kier alpha value is -0.180. The normalized spacial score (nSPS) is 31.8. The smallest absolute Gasteiger partial charge is 0.233 e. The minimum atomic E-state index is -0.173. The number of hydrogen-bond donors (Lipinski definition) is 2. The van der Waals surface area contributed by atoms with Crippen LogP contribution in [0.25, 0.3) is 0 Å². The Kier molecular flexibility index (Phi) is 5.16. The summed E-state index contributed by atoms with van der Waals surface area (Å²) >= 11 is 4.36. The molecule has 16 heavy (non-hydrogen) atoms. The Morgan fingerprint density at radius 3 is 2.50 bits per heavy atom. The zero-order chi connectivity index (χ0) is 12.3. The van der Waals surface area contributed by atoms with E-state index in [-0.39, 0.29) is 11.2 Å². The molecule has 0 aliphatic heterocycles. The van der Waals surface area contributed by atoms with Gasteiger partial charge in [0.25, 0.3) is 0 Å². The van der Waals surface area contributed by atoms with Crippen LogP contribution in [0.4, 0.5) is 0 Å². The van der Waals surface area contributed by atoms with Crippen LogP contribution in [0.3, 0.4) is 0 Å². The lowest BCUT2D eigenvalue weighted by Crippen LogP contribution is -2.43. The summed E-state index contributed by atoms with van der Waals surface area (Å²) in [6.45, 7) is 8.56. The molecule has 0 aromatic carbocycles. The van der Waals surface area contributed by atoms with Crippen molar-refractivity contribution in [3.8, 4) is 0 Å². The van der Waals surface area contributed by atoms with Gasteiger partial charge >= 0.3 is 0 Å². The molecule has 1 saturated carbocycles. The molecular weight excluding hydrogens is 218 g/mol. The van der Waals surface area contributed by atoms with E-state index >= 15 is 0 Å². The van der Waals surface area contributed by atoms with E-state index in [1.54, 1.807) is 0 Å². The van der Waals surface area contributed by atoms with Gasteiger partial charge in [0, 0.05) is 6.04 Å².